The monoisotopic (exact) mass is 398 g/mol. The molecular formula is C20H19FN4O4. The van der Waals surface area contributed by atoms with Crippen LogP contribution < -0.4 is 24.8 Å². The van der Waals surface area contributed by atoms with Gasteiger partial charge in [-0.05, 0) is 18.2 Å². The minimum absolute atomic E-state index is 0.227. The van der Waals surface area contributed by atoms with Crippen LogP contribution in [0.2, 0.25) is 0 Å². The highest BCUT2D eigenvalue weighted by Gasteiger charge is 2.14. The topological polar surface area (TPSA) is 94.6 Å². The predicted molar refractivity (Wildman–Crippen MR) is 106 cm³/mol. The number of amides is 1. The molecule has 3 rings (SSSR count). The lowest BCUT2D eigenvalue weighted by atomic mass is 10.2. The molecule has 0 aliphatic carbocycles. The molecule has 0 aliphatic rings. The van der Waals surface area contributed by atoms with E-state index in [1.54, 1.807) is 18.2 Å². The van der Waals surface area contributed by atoms with Crippen LogP contribution in [0.15, 0.2) is 48.8 Å². The lowest BCUT2D eigenvalue weighted by molar-refractivity contribution is 0.102. The van der Waals surface area contributed by atoms with Crippen molar-refractivity contribution in [2.45, 2.75) is 0 Å². The van der Waals surface area contributed by atoms with E-state index in [-0.39, 0.29) is 11.5 Å². The van der Waals surface area contributed by atoms with E-state index < -0.39 is 11.7 Å². The number of carbonyl (C=O) groups is 1. The van der Waals surface area contributed by atoms with Crippen molar-refractivity contribution in [1.29, 1.82) is 0 Å². The first kappa shape index (κ1) is 19.9. The van der Waals surface area contributed by atoms with Crippen LogP contribution in [0.3, 0.4) is 0 Å². The lowest BCUT2D eigenvalue weighted by Gasteiger charge is -2.14. The van der Waals surface area contributed by atoms with Gasteiger partial charge in [-0.2, -0.15) is 0 Å². The van der Waals surface area contributed by atoms with Crippen LogP contribution in [0.5, 0.6) is 17.2 Å². The summed E-state index contributed by atoms with van der Waals surface area (Å²) >= 11 is 0. The predicted octanol–water partition coefficient (Wildman–Crippen LogP) is 3.64. The molecule has 0 unspecified atom stereocenters. The van der Waals surface area contributed by atoms with Gasteiger partial charge in [-0.25, -0.2) is 14.4 Å². The van der Waals surface area contributed by atoms with Gasteiger partial charge in [0.2, 0.25) is 11.7 Å². The van der Waals surface area contributed by atoms with Gasteiger partial charge in [-0.3, -0.25) is 4.79 Å². The maximum Gasteiger partial charge on any atom is 0.258 e. The smallest absolute Gasteiger partial charge is 0.258 e. The molecule has 29 heavy (non-hydrogen) atoms. The molecule has 0 saturated carbocycles. The Morgan fingerprint density at radius 2 is 1.59 bits per heavy atom. The SMILES string of the molecule is COc1cc(Nc2ncc(C(=O)Nc3cccc(F)c3)cn2)cc(OC)c1OC. The zero-order valence-corrected chi connectivity index (χ0v) is 16.0. The summed E-state index contributed by atoms with van der Waals surface area (Å²) in [5.74, 6) is 0.784. The second kappa shape index (κ2) is 8.87. The Balaban J connectivity index is 1.74. The molecular weight excluding hydrogens is 379 g/mol. The quantitative estimate of drug-likeness (QED) is 0.627. The van der Waals surface area contributed by atoms with Crippen molar-refractivity contribution in [1.82, 2.24) is 9.97 Å². The molecule has 0 saturated heterocycles. The number of anilines is 3. The number of halogens is 1. The third-order valence-electron chi connectivity index (χ3n) is 3.92. The van der Waals surface area contributed by atoms with E-state index in [1.165, 1.54) is 51.9 Å². The molecule has 1 aromatic heterocycles. The number of rotatable bonds is 7. The summed E-state index contributed by atoms with van der Waals surface area (Å²) in [5, 5.41) is 5.59. The van der Waals surface area contributed by atoms with Gasteiger partial charge in [0, 0.05) is 35.9 Å². The summed E-state index contributed by atoms with van der Waals surface area (Å²) in [6, 6.07) is 9.01. The number of nitrogens with zero attached hydrogens (tertiary/aromatic N) is 2. The summed E-state index contributed by atoms with van der Waals surface area (Å²) in [7, 11) is 4.55. The summed E-state index contributed by atoms with van der Waals surface area (Å²) in [6.45, 7) is 0. The molecule has 3 aromatic rings. The molecule has 0 fully saturated rings. The van der Waals surface area contributed by atoms with Gasteiger partial charge < -0.3 is 24.8 Å². The highest BCUT2D eigenvalue weighted by Crippen LogP contribution is 2.40. The minimum atomic E-state index is -0.449. The lowest BCUT2D eigenvalue weighted by Crippen LogP contribution is -2.13. The molecule has 0 bridgehead atoms. The molecule has 0 spiro atoms. The first-order valence-corrected chi connectivity index (χ1v) is 8.50. The molecule has 0 aliphatic heterocycles. The second-order valence-electron chi connectivity index (χ2n) is 5.80. The summed E-state index contributed by atoms with van der Waals surface area (Å²) < 4.78 is 29.1. The highest BCUT2D eigenvalue weighted by molar-refractivity contribution is 6.03. The molecule has 8 nitrogen and oxygen atoms in total. The summed E-state index contributed by atoms with van der Waals surface area (Å²) in [5.41, 5.74) is 1.18. The Bertz CT molecular complexity index is 987. The van der Waals surface area contributed by atoms with Crippen molar-refractivity contribution in [3.63, 3.8) is 0 Å². The van der Waals surface area contributed by atoms with Crippen LogP contribution in [0.25, 0.3) is 0 Å². The van der Waals surface area contributed by atoms with Gasteiger partial charge in [0.05, 0.1) is 26.9 Å². The van der Waals surface area contributed by atoms with E-state index >= 15 is 0 Å². The highest BCUT2D eigenvalue weighted by atomic mass is 19.1. The van der Waals surface area contributed by atoms with Crippen LogP contribution in [-0.2, 0) is 0 Å². The third kappa shape index (κ3) is 4.70. The van der Waals surface area contributed by atoms with Crippen LogP contribution in [0.1, 0.15) is 10.4 Å². The largest absolute Gasteiger partial charge is 0.493 e. The van der Waals surface area contributed by atoms with Crippen LogP contribution in [-0.4, -0.2) is 37.2 Å². The Morgan fingerprint density at radius 3 is 2.14 bits per heavy atom. The maximum absolute atomic E-state index is 13.2. The third-order valence-corrected chi connectivity index (χ3v) is 3.92. The first-order valence-electron chi connectivity index (χ1n) is 8.50. The van der Waals surface area contributed by atoms with Gasteiger partial charge in [-0.15, -0.1) is 0 Å². The van der Waals surface area contributed by atoms with Crippen molar-refractivity contribution in [3.8, 4) is 17.2 Å². The number of methoxy groups -OCH3 is 3. The van der Waals surface area contributed by atoms with E-state index in [0.717, 1.165) is 0 Å². The minimum Gasteiger partial charge on any atom is -0.493 e. The van der Waals surface area contributed by atoms with Gasteiger partial charge in [0.1, 0.15) is 5.82 Å². The number of benzene rings is 2. The molecule has 0 radical (unpaired) electrons. The Hall–Kier alpha value is -3.88. The van der Waals surface area contributed by atoms with E-state index in [0.29, 0.717) is 28.6 Å². The van der Waals surface area contributed by atoms with Gasteiger partial charge in [-0.1, -0.05) is 6.07 Å². The Morgan fingerprint density at radius 1 is 0.931 bits per heavy atom. The number of carbonyl (C=O) groups excluding carboxylic acids is 1. The van der Waals surface area contributed by atoms with Crippen molar-refractivity contribution in [2.75, 3.05) is 32.0 Å². The van der Waals surface area contributed by atoms with Crippen LogP contribution in [0, 0.1) is 5.82 Å². The molecule has 2 aromatic carbocycles. The van der Waals surface area contributed by atoms with Crippen molar-refractivity contribution in [3.05, 3.63) is 60.2 Å². The molecule has 1 heterocycles. The van der Waals surface area contributed by atoms with Crippen LogP contribution >= 0.6 is 0 Å². The normalized spacial score (nSPS) is 10.2. The molecule has 2 N–H and O–H groups in total. The van der Waals surface area contributed by atoms with Crippen molar-refractivity contribution >= 4 is 23.2 Å². The van der Waals surface area contributed by atoms with Crippen molar-refractivity contribution in [2.24, 2.45) is 0 Å². The summed E-state index contributed by atoms with van der Waals surface area (Å²) in [6.07, 6.45) is 2.73. The fraction of sp³-hybridized carbons (Fsp3) is 0.150. The fourth-order valence-electron chi connectivity index (χ4n) is 2.56. The molecule has 1 amide bonds. The zero-order chi connectivity index (χ0) is 20.8. The number of nitrogens with one attached hydrogen (secondary N) is 2. The number of aromatic nitrogens is 2. The van der Waals surface area contributed by atoms with E-state index in [1.807, 2.05) is 0 Å². The number of ether oxygens (including phenoxy) is 3. The number of hydrogen-bond acceptors (Lipinski definition) is 7. The Kier molecular flexibility index (Phi) is 6.08. The molecule has 150 valence electrons. The van der Waals surface area contributed by atoms with Gasteiger partial charge in [0.25, 0.3) is 5.91 Å². The van der Waals surface area contributed by atoms with Gasteiger partial charge >= 0.3 is 0 Å². The fourth-order valence-corrected chi connectivity index (χ4v) is 2.56. The first-order chi connectivity index (χ1) is 14.0. The molecule has 9 heteroatoms. The number of hydrogen-bond donors (Lipinski definition) is 2. The molecule has 0 atom stereocenters. The average molecular weight is 398 g/mol. The average Bonchev–Trinajstić information content (AvgIpc) is 2.73. The van der Waals surface area contributed by atoms with Gasteiger partial charge in [0.15, 0.2) is 11.5 Å². The van der Waals surface area contributed by atoms with E-state index in [2.05, 4.69) is 20.6 Å². The van der Waals surface area contributed by atoms with E-state index in [4.69, 9.17) is 14.2 Å². The second-order valence-corrected chi connectivity index (χ2v) is 5.80. The maximum atomic E-state index is 13.2. The Labute approximate surface area is 166 Å². The summed E-state index contributed by atoms with van der Waals surface area (Å²) in [4.78, 5) is 20.5. The zero-order valence-electron chi connectivity index (χ0n) is 16.0. The standard InChI is InChI=1S/C20H19FN4O4/c1-27-16-8-15(9-17(28-2)18(16)29-3)25-20-22-10-12(11-23-20)19(26)24-14-6-4-5-13(21)7-14/h4-11H,1-3H3,(H,24,26)(H,22,23,25). The van der Waals surface area contributed by atoms with Crippen LogP contribution in [0.4, 0.5) is 21.7 Å². The van der Waals surface area contributed by atoms with E-state index in [9.17, 15) is 9.18 Å². The van der Waals surface area contributed by atoms with Crippen molar-refractivity contribution < 1.29 is 23.4 Å².